The average Bonchev–Trinajstić information content (AvgIpc) is 3.33. The van der Waals surface area contributed by atoms with Gasteiger partial charge in [-0.3, -0.25) is 9.48 Å². The second-order valence-corrected chi connectivity index (χ2v) is 6.19. The van der Waals surface area contributed by atoms with Gasteiger partial charge in [-0.05, 0) is 31.0 Å². The quantitative estimate of drug-likeness (QED) is 0.724. The first-order valence-electron chi connectivity index (χ1n) is 8.41. The molecule has 0 unspecified atom stereocenters. The van der Waals surface area contributed by atoms with Crippen molar-refractivity contribution in [2.45, 2.75) is 38.3 Å². The molecule has 2 aromatic heterocycles. The number of nitrogens with zero attached hydrogens (tertiary/aromatic N) is 4. The summed E-state index contributed by atoms with van der Waals surface area (Å²) in [6.45, 7) is 1.60. The maximum atomic E-state index is 12.6. The molecule has 0 radical (unpaired) electrons. The molecule has 1 aliphatic rings. The van der Waals surface area contributed by atoms with Crippen molar-refractivity contribution in [3.05, 3.63) is 48.6 Å². The fraction of sp³-hybridized carbons (Fsp3) is 0.389. The van der Waals surface area contributed by atoms with E-state index in [-0.39, 0.29) is 11.9 Å². The predicted molar refractivity (Wildman–Crippen MR) is 89.3 cm³/mol. The molecular formula is C18H20N4O2. The number of amides is 1. The molecule has 1 aromatic carbocycles. The number of benzene rings is 1. The Kier molecular flexibility index (Phi) is 4.02. The second kappa shape index (κ2) is 6.47. The third kappa shape index (κ3) is 3.04. The average molecular weight is 324 g/mol. The van der Waals surface area contributed by atoms with Crippen LogP contribution in [0.2, 0.25) is 0 Å². The summed E-state index contributed by atoms with van der Waals surface area (Å²) in [4.78, 5) is 19.0. The molecule has 6 nitrogen and oxygen atoms in total. The Morgan fingerprint density at radius 2 is 2.21 bits per heavy atom. The van der Waals surface area contributed by atoms with Crippen LogP contribution in [0.4, 0.5) is 0 Å². The Balaban J connectivity index is 1.38. The smallest absolute Gasteiger partial charge is 0.223 e. The number of carbonyl (C=O) groups is 1. The molecule has 0 N–H and O–H groups in total. The van der Waals surface area contributed by atoms with Gasteiger partial charge in [0.25, 0.3) is 0 Å². The maximum absolute atomic E-state index is 12.6. The molecule has 1 aliphatic heterocycles. The number of carbonyl (C=O) groups excluding carboxylic acids is 1. The number of aromatic nitrogens is 3. The summed E-state index contributed by atoms with van der Waals surface area (Å²) in [7, 11) is 0. The van der Waals surface area contributed by atoms with Gasteiger partial charge in [0, 0.05) is 31.8 Å². The Labute approximate surface area is 140 Å². The molecule has 1 atom stereocenters. The Morgan fingerprint density at radius 3 is 3.04 bits per heavy atom. The molecule has 0 bridgehead atoms. The first-order valence-corrected chi connectivity index (χ1v) is 8.41. The Hall–Kier alpha value is -2.63. The van der Waals surface area contributed by atoms with Crippen molar-refractivity contribution in [2.24, 2.45) is 0 Å². The monoisotopic (exact) mass is 324 g/mol. The van der Waals surface area contributed by atoms with Gasteiger partial charge in [-0.15, -0.1) is 0 Å². The topological polar surface area (TPSA) is 64.2 Å². The third-order valence-corrected chi connectivity index (χ3v) is 4.55. The fourth-order valence-corrected chi connectivity index (χ4v) is 3.36. The fourth-order valence-electron chi connectivity index (χ4n) is 3.36. The highest BCUT2D eigenvalue weighted by atomic mass is 16.3. The van der Waals surface area contributed by atoms with E-state index in [1.54, 1.807) is 6.20 Å². The zero-order chi connectivity index (χ0) is 16.4. The summed E-state index contributed by atoms with van der Waals surface area (Å²) in [6.07, 6.45) is 6.78. The van der Waals surface area contributed by atoms with Gasteiger partial charge in [-0.25, -0.2) is 4.98 Å². The lowest BCUT2D eigenvalue weighted by atomic mass is 10.2. The van der Waals surface area contributed by atoms with Gasteiger partial charge in [0.2, 0.25) is 5.91 Å². The molecule has 24 heavy (non-hydrogen) atoms. The van der Waals surface area contributed by atoms with Crippen LogP contribution in [-0.2, 0) is 17.8 Å². The molecule has 6 heteroatoms. The van der Waals surface area contributed by atoms with Crippen LogP contribution in [0.1, 0.15) is 25.2 Å². The molecule has 0 aliphatic carbocycles. The minimum absolute atomic E-state index is 0.173. The molecule has 1 saturated heterocycles. The summed E-state index contributed by atoms with van der Waals surface area (Å²) < 4.78 is 7.60. The zero-order valence-electron chi connectivity index (χ0n) is 13.5. The lowest BCUT2D eigenvalue weighted by Crippen LogP contribution is -2.38. The van der Waals surface area contributed by atoms with Gasteiger partial charge in [0.05, 0.1) is 12.6 Å². The number of rotatable bonds is 5. The van der Waals surface area contributed by atoms with E-state index in [0.29, 0.717) is 18.7 Å². The van der Waals surface area contributed by atoms with E-state index in [0.717, 1.165) is 37.0 Å². The van der Waals surface area contributed by atoms with Crippen molar-refractivity contribution in [3.8, 4) is 0 Å². The third-order valence-electron chi connectivity index (χ3n) is 4.55. The van der Waals surface area contributed by atoms with Crippen LogP contribution in [0.3, 0.4) is 0 Å². The van der Waals surface area contributed by atoms with E-state index in [2.05, 4.69) is 10.1 Å². The number of hydrogen-bond acceptors (Lipinski definition) is 4. The summed E-state index contributed by atoms with van der Waals surface area (Å²) in [5, 5.41) is 4.25. The number of likely N-dealkylation sites (tertiary alicyclic amines) is 1. The first-order chi connectivity index (χ1) is 11.8. The number of aryl methyl sites for hydroxylation is 1. The van der Waals surface area contributed by atoms with Crippen LogP contribution in [0.25, 0.3) is 11.1 Å². The van der Waals surface area contributed by atoms with Crippen molar-refractivity contribution in [2.75, 3.05) is 6.54 Å². The molecule has 1 fully saturated rings. The Morgan fingerprint density at radius 1 is 1.29 bits per heavy atom. The first kappa shape index (κ1) is 14.9. The van der Waals surface area contributed by atoms with Crippen molar-refractivity contribution >= 4 is 17.0 Å². The molecule has 4 rings (SSSR count). The normalized spacial score (nSPS) is 17.7. The minimum Gasteiger partial charge on any atom is -0.441 e. The van der Waals surface area contributed by atoms with Gasteiger partial charge in [0.15, 0.2) is 11.5 Å². The van der Waals surface area contributed by atoms with Crippen molar-refractivity contribution < 1.29 is 9.21 Å². The van der Waals surface area contributed by atoms with Crippen LogP contribution >= 0.6 is 0 Å². The summed E-state index contributed by atoms with van der Waals surface area (Å²) >= 11 is 0. The SMILES string of the molecule is O=C(CCc1nc2ccccc2o1)N1CCC[C@@H]1Cn1cccn1. The van der Waals surface area contributed by atoms with E-state index in [4.69, 9.17) is 4.42 Å². The number of para-hydroxylation sites is 2. The minimum atomic E-state index is 0.173. The van der Waals surface area contributed by atoms with E-state index in [9.17, 15) is 4.79 Å². The predicted octanol–water partition coefficient (Wildman–Crippen LogP) is 2.65. The van der Waals surface area contributed by atoms with Crippen molar-refractivity contribution in [3.63, 3.8) is 0 Å². The van der Waals surface area contributed by atoms with Gasteiger partial charge in [-0.2, -0.15) is 5.10 Å². The number of fused-ring (bicyclic) bond motifs is 1. The van der Waals surface area contributed by atoms with E-state index in [1.807, 2.05) is 46.1 Å². The summed E-state index contributed by atoms with van der Waals surface area (Å²) in [5.74, 6) is 0.805. The molecule has 0 spiro atoms. The van der Waals surface area contributed by atoms with Gasteiger partial charge in [-0.1, -0.05) is 12.1 Å². The lowest BCUT2D eigenvalue weighted by molar-refractivity contribution is -0.132. The molecule has 3 aromatic rings. The highest BCUT2D eigenvalue weighted by Gasteiger charge is 2.28. The molecular weight excluding hydrogens is 304 g/mol. The van der Waals surface area contributed by atoms with Crippen LogP contribution in [0.15, 0.2) is 47.1 Å². The maximum Gasteiger partial charge on any atom is 0.223 e. The van der Waals surface area contributed by atoms with E-state index in [1.165, 1.54) is 0 Å². The van der Waals surface area contributed by atoms with Crippen LogP contribution < -0.4 is 0 Å². The van der Waals surface area contributed by atoms with E-state index >= 15 is 0 Å². The summed E-state index contributed by atoms with van der Waals surface area (Å²) in [6, 6.07) is 9.82. The zero-order valence-corrected chi connectivity index (χ0v) is 13.5. The van der Waals surface area contributed by atoms with Crippen molar-refractivity contribution in [1.82, 2.24) is 19.7 Å². The number of oxazole rings is 1. The molecule has 3 heterocycles. The summed E-state index contributed by atoms with van der Waals surface area (Å²) in [5.41, 5.74) is 1.62. The van der Waals surface area contributed by atoms with Crippen LogP contribution in [0, 0.1) is 0 Å². The standard InChI is InChI=1S/C18H20N4O2/c23-18(9-8-17-20-15-6-1-2-7-16(15)24-17)22-12-3-5-14(22)13-21-11-4-10-19-21/h1-2,4,6-7,10-11,14H,3,5,8-9,12-13H2/t14-/m1/s1. The second-order valence-electron chi connectivity index (χ2n) is 6.19. The van der Waals surface area contributed by atoms with Crippen molar-refractivity contribution in [1.29, 1.82) is 0 Å². The Bertz CT molecular complexity index is 792. The highest BCUT2D eigenvalue weighted by molar-refractivity contribution is 5.77. The lowest BCUT2D eigenvalue weighted by Gasteiger charge is -2.24. The molecule has 124 valence electrons. The van der Waals surface area contributed by atoms with Crippen LogP contribution in [0.5, 0.6) is 0 Å². The number of hydrogen-bond donors (Lipinski definition) is 0. The van der Waals surface area contributed by atoms with Gasteiger partial charge >= 0.3 is 0 Å². The highest BCUT2D eigenvalue weighted by Crippen LogP contribution is 2.21. The van der Waals surface area contributed by atoms with Gasteiger partial charge < -0.3 is 9.32 Å². The molecule has 0 saturated carbocycles. The molecule has 1 amide bonds. The largest absolute Gasteiger partial charge is 0.441 e. The van der Waals surface area contributed by atoms with Crippen LogP contribution in [-0.4, -0.2) is 38.2 Å². The van der Waals surface area contributed by atoms with E-state index < -0.39 is 0 Å². The van der Waals surface area contributed by atoms with Gasteiger partial charge in [0.1, 0.15) is 5.52 Å².